The molecule has 1 aromatic rings. The molecule has 14 heavy (non-hydrogen) atoms. The molecule has 0 spiro atoms. The summed E-state index contributed by atoms with van der Waals surface area (Å²) in [6.45, 7) is 6.09. The van der Waals surface area contributed by atoms with Crippen LogP contribution in [0.15, 0.2) is 18.2 Å². The highest BCUT2D eigenvalue weighted by Gasteiger charge is 2.00. The average molecular weight is 193 g/mol. The number of benzene rings is 1. The third kappa shape index (κ3) is 3.48. The first-order valence-corrected chi connectivity index (χ1v) is 4.98. The molecule has 0 aliphatic heterocycles. The van der Waals surface area contributed by atoms with Crippen LogP contribution >= 0.6 is 0 Å². The summed E-state index contributed by atoms with van der Waals surface area (Å²) in [5.41, 5.74) is 3.92. The summed E-state index contributed by atoms with van der Waals surface area (Å²) in [5.74, 6) is 0. The number of nitrogens with zero attached hydrogens (tertiary/aromatic N) is 1. The summed E-state index contributed by atoms with van der Waals surface area (Å²) in [6.07, 6.45) is 0. The lowest BCUT2D eigenvalue weighted by Crippen LogP contribution is -2.21. The lowest BCUT2D eigenvalue weighted by Gasteiger charge is -2.15. The smallest absolute Gasteiger partial charge is 0.0558 e. The van der Waals surface area contributed by atoms with E-state index in [2.05, 4.69) is 36.9 Å². The van der Waals surface area contributed by atoms with Gasteiger partial charge in [0.15, 0.2) is 0 Å². The molecular formula is C12H19NO. The van der Waals surface area contributed by atoms with Gasteiger partial charge in [0, 0.05) is 13.1 Å². The Morgan fingerprint density at radius 3 is 2.21 bits per heavy atom. The Bertz CT molecular complexity index is 276. The maximum absolute atomic E-state index is 8.78. The van der Waals surface area contributed by atoms with Crippen LogP contribution in [-0.4, -0.2) is 30.2 Å². The predicted octanol–water partition coefficient (Wildman–Crippen LogP) is 1.73. The van der Waals surface area contributed by atoms with E-state index in [1.165, 1.54) is 16.7 Å². The molecule has 0 aliphatic carbocycles. The summed E-state index contributed by atoms with van der Waals surface area (Å²) >= 11 is 0. The van der Waals surface area contributed by atoms with E-state index >= 15 is 0 Å². The molecule has 78 valence electrons. The molecule has 0 aliphatic rings. The van der Waals surface area contributed by atoms with Crippen molar-refractivity contribution < 1.29 is 5.11 Å². The maximum atomic E-state index is 8.78. The van der Waals surface area contributed by atoms with E-state index in [0.717, 1.165) is 13.1 Å². The number of hydrogen-bond donors (Lipinski definition) is 1. The number of aliphatic hydroxyl groups excluding tert-OH is 1. The van der Waals surface area contributed by atoms with E-state index in [4.69, 9.17) is 5.11 Å². The van der Waals surface area contributed by atoms with Crippen molar-refractivity contribution in [1.82, 2.24) is 4.90 Å². The standard InChI is InChI=1S/C12H19NO/c1-10-6-11(2)8-12(7-10)9-13(3)4-5-14/h6-8,14H,4-5,9H2,1-3H3. The van der Waals surface area contributed by atoms with Gasteiger partial charge in [0.1, 0.15) is 0 Å². The highest BCUT2D eigenvalue weighted by Crippen LogP contribution is 2.10. The third-order valence-corrected chi connectivity index (χ3v) is 2.22. The van der Waals surface area contributed by atoms with Crippen molar-refractivity contribution in [3.05, 3.63) is 34.9 Å². The van der Waals surface area contributed by atoms with Crippen molar-refractivity contribution in [3.8, 4) is 0 Å². The Labute approximate surface area is 86.2 Å². The zero-order valence-electron chi connectivity index (χ0n) is 9.25. The molecule has 0 atom stereocenters. The number of rotatable bonds is 4. The van der Waals surface area contributed by atoms with Crippen LogP contribution in [-0.2, 0) is 6.54 Å². The van der Waals surface area contributed by atoms with Crippen LogP contribution in [0.4, 0.5) is 0 Å². The summed E-state index contributed by atoms with van der Waals surface area (Å²) in [6, 6.07) is 6.57. The van der Waals surface area contributed by atoms with Gasteiger partial charge in [-0.05, 0) is 26.5 Å². The van der Waals surface area contributed by atoms with E-state index in [0.29, 0.717) is 0 Å². The van der Waals surface area contributed by atoms with Gasteiger partial charge in [0.2, 0.25) is 0 Å². The van der Waals surface area contributed by atoms with Gasteiger partial charge in [0.05, 0.1) is 6.61 Å². The fourth-order valence-electron chi connectivity index (χ4n) is 1.72. The minimum absolute atomic E-state index is 0.224. The molecule has 0 amide bonds. The molecular weight excluding hydrogens is 174 g/mol. The normalized spacial score (nSPS) is 10.9. The lowest BCUT2D eigenvalue weighted by molar-refractivity contribution is 0.217. The minimum atomic E-state index is 0.224. The minimum Gasteiger partial charge on any atom is -0.395 e. The van der Waals surface area contributed by atoms with Gasteiger partial charge in [-0.2, -0.15) is 0 Å². The van der Waals surface area contributed by atoms with Crippen molar-refractivity contribution in [2.45, 2.75) is 20.4 Å². The molecule has 1 N–H and O–H groups in total. The van der Waals surface area contributed by atoms with Crippen molar-refractivity contribution in [1.29, 1.82) is 0 Å². The first-order valence-electron chi connectivity index (χ1n) is 4.98. The van der Waals surface area contributed by atoms with Gasteiger partial charge in [-0.15, -0.1) is 0 Å². The second kappa shape index (κ2) is 5.13. The molecule has 0 radical (unpaired) electrons. The van der Waals surface area contributed by atoms with E-state index in [1.54, 1.807) is 0 Å². The molecule has 0 saturated carbocycles. The average Bonchev–Trinajstić information content (AvgIpc) is 2.01. The molecule has 0 saturated heterocycles. The van der Waals surface area contributed by atoms with Crippen LogP contribution in [0.1, 0.15) is 16.7 Å². The fraction of sp³-hybridized carbons (Fsp3) is 0.500. The molecule has 2 heteroatoms. The summed E-state index contributed by atoms with van der Waals surface area (Å²) in [4.78, 5) is 2.12. The Morgan fingerprint density at radius 2 is 1.71 bits per heavy atom. The highest BCUT2D eigenvalue weighted by molar-refractivity contribution is 5.28. The van der Waals surface area contributed by atoms with E-state index < -0.39 is 0 Å². The van der Waals surface area contributed by atoms with Gasteiger partial charge < -0.3 is 5.11 Å². The number of aryl methyl sites for hydroxylation is 2. The van der Waals surface area contributed by atoms with Crippen LogP contribution in [0.3, 0.4) is 0 Å². The van der Waals surface area contributed by atoms with Crippen molar-refractivity contribution >= 4 is 0 Å². The zero-order valence-corrected chi connectivity index (χ0v) is 9.25. The maximum Gasteiger partial charge on any atom is 0.0558 e. The number of likely N-dealkylation sites (N-methyl/N-ethyl adjacent to an activating group) is 1. The van der Waals surface area contributed by atoms with Crippen LogP contribution in [0.25, 0.3) is 0 Å². The van der Waals surface area contributed by atoms with Gasteiger partial charge in [-0.25, -0.2) is 0 Å². The topological polar surface area (TPSA) is 23.5 Å². The molecule has 2 nitrogen and oxygen atoms in total. The summed E-state index contributed by atoms with van der Waals surface area (Å²) < 4.78 is 0. The lowest BCUT2D eigenvalue weighted by atomic mass is 10.1. The summed E-state index contributed by atoms with van der Waals surface area (Å²) in [5, 5.41) is 8.78. The molecule has 1 aromatic carbocycles. The largest absolute Gasteiger partial charge is 0.395 e. The zero-order chi connectivity index (χ0) is 10.6. The predicted molar refractivity (Wildman–Crippen MR) is 59.3 cm³/mol. The monoisotopic (exact) mass is 193 g/mol. The van der Waals surface area contributed by atoms with Gasteiger partial charge in [-0.1, -0.05) is 29.3 Å². The summed E-state index contributed by atoms with van der Waals surface area (Å²) in [7, 11) is 2.02. The van der Waals surface area contributed by atoms with Crippen molar-refractivity contribution in [2.75, 3.05) is 20.2 Å². The van der Waals surface area contributed by atoms with Crippen molar-refractivity contribution in [2.24, 2.45) is 0 Å². The van der Waals surface area contributed by atoms with Crippen LogP contribution in [0.2, 0.25) is 0 Å². The van der Waals surface area contributed by atoms with Crippen LogP contribution < -0.4 is 0 Å². The van der Waals surface area contributed by atoms with Crippen molar-refractivity contribution in [3.63, 3.8) is 0 Å². The van der Waals surface area contributed by atoms with Gasteiger partial charge in [0.25, 0.3) is 0 Å². The number of hydrogen-bond acceptors (Lipinski definition) is 2. The van der Waals surface area contributed by atoms with E-state index in [-0.39, 0.29) is 6.61 Å². The Hall–Kier alpha value is -0.860. The van der Waals surface area contributed by atoms with Crippen LogP contribution in [0.5, 0.6) is 0 Å². The second-order valence-corrected chi connectivity index (χ2v) is 3.96. The molecule has 0 unspecified atom stereocenters. The number of aliphatic hydroxyl groups is 1. The second-order valence-electron chi connectivity index (χ2n) is 3.96. The third-order valence-electron chi connectivity index (χ3n) is 2.22. The SMILES string of the molecule is Cc1cc(C)cc(CN(C)CCO)c1. The molecule has 0 bridgehead atoms. The fourth-order valence-corrected chi connectivity index (χ4v) is 1.72. The first kappa shape index (κ1) is 11.2. The van der Waals surface area contributed by atoms with E-state index in [9.17, 15) is 0 Å². The van der Waals surface area contributed by atoms with Crippen LogP contribution in [0, 0.1) is 13.8 Å². The molecule has 0 fully saturated rings. The Morgan fingerprint density at radius 1 is 1.14 bits per heavy atom. The molecule has 0 aromatic heterocycles. The highest BCUT2D eigenvalue weighted by atomic mass is 16.3. The quantitative estimate of drug-likeness (QED) is 0.787. The molecule has 1 rings (SSSR count). The van der Waals surface area contributed by atoms with Gasteiger partial charge in [-0.3, -0.25) is 4.90 Å². The first-order chi connectivity index (χ1) is 6.61. The van der Waals surface area contributed by atoms with E-state index in [1.807, 2.05) is 7.05 Å². The van der Waals surface area contributed by atoms with Gasteiger partial charge >= 0.3 is 0 Å². The Balaban J connectivity index is 2.66. The molecule has 0 heterocycles. The Kier molecular flexibility index (Phi) is 4.11.